The molecule has 12 heteroatoms. The van der Waals surface area contributed by atoms with E-state index >= 15 is 0 Å². The minimum atomic E-state index is -0.924. The Bertz CT molecular complexity index is 1040. The van der Waals surface area contributed by atoms with Crippen LogP contribution in [-0.2, 0) is 16.0 Å². The van der Waals surface area contributed by atoms with Crippen LogP contribution in [0.3, 0.4) is 0 Å². The summed E-state index contributed by atoms with van der Waals surface area (Å²) in [6.45, 7) is 8.60. The monoisotopic (exact) mass is 502 g/mol. The zero-order valence-electron chi connectivity index (χ0n) is 21.6. The Kier molecular flexibility index (Phi) is 10.1. The lowest BCUT2D eigenvalue weighted by Crippen LogP contribution is -2.49. The maximum absolute atomic E-state index is 13.4. The van der Waals surface area contributed by atoms with Crippen LogP contribution >= 0.6 is 0 Å². The summed E-state index contributed by atoms with van der Waals surface area (Å²) in [5, 5.41) is 14.9. The molecule has 1 aromatic carbocycles. The van der Waals surface area contributed by atoms with Gasteiger partial charge in [-0.05, 0) is 45.0 Å². The Labute approximate surface area is 210 Å². The number of nitro groups is 1. The van der Waals surface area contributed by atoms with E-state index < -0.39 is 28.6 Å². The van der Waals surface area contributed by atoms with Crippen molar-refractivity contribution in [1.82, 2.24) is 20.2 Å². The lowest BCUT2D eigenvalue weighted by atomic mass is 10.0. The first-order valence-corrected chi connectivity index (χ1v) is 11.6. The van der Waals surface area contributed by atoms with Crippen LogP contribution in [0.15, 0.2) is 36.8 Å². The third-order valence-electron chi connectivity index (χ3n) is 4.90. The van der Waals surface area contributed by atoms with E-state index in [0.29, 0.717) is 18.8 Å². The third-order valence-corrected chi connectivity index (χ3v) is 4.90. The summed E-state index contributed by atoms with van der Waals surface area (Å²) in [6, 6.07) is 5.78. The first-order chi connectivity index (χ1) is 16.9. The molecule has 12 nitrogen and oxygen atoms in total. The van der Waals surface area contributed by atoms with Crippen LogP contribution in [0.25, 0.3) is 0 Å². The Balaban J connectivity index is 2.46. The van der Waals surface area contributed by atoms with Crippen molar-refractivity contribution >= 4 is 23.6 Å². The Morgan fingerprint density at radius 2 is 1.86 bits per heavy atom. The van der Waals surface area contributed by atoms with Crippen LogP contribution in [0.2, 0.25) is 0 Å². The highest BCUT2D eigenvalue weighted by atomic mass is 16.6. The number of amides is 1. The Morgan fingerprint density at radius 3 is 2.42 bits per heavy atom. The molecule has 36 heavy (non-hydrogen) atoms. The molecular formula is C24H34N6O6. The van der Waals surface area contributed by atoms with Crippen LogP contribution in [0.1, 0.15) is 33.3 Å². The normalized spacial score (nSPS) is 11.9. The van der Waals surface area contributed by atoms with Gasteiger partial charge in [0, 0.05) is 33.6 Å². The highest BCUT2D eigenvalue weighted by molar-refractivity contribution is 5.81. The second-order valence-corrected chi connectivity index (χ2v) is 9.20. The molecule has 2 aromatic rings. The molecule has 0 fully saturated rings. The molecule has 0 saturated heterocycles. The highest BCUT2D eigenvalue weighted by Crippen LogP contribution is 2.28. The molecule has 1 heterocycles. The predicted octanol–water partition coefficient (Wildman–Crippen LogP) is 2.81. The number of nitrogens with zero attached hydrogens (tertiary/aromatic N) is 5. The maximum atomic E-state index is 13.4. The second kappa shape index (κ2) is 12.8. The van der Waals surface area contributed by atoms with Gasteiger partial charge in [0.25, 0.3) is 0 Å². The van der Waals surface area contributed by atoms with Crippen LogP contribution in [0.5, 0.6) is 5.75 Å². The molecule has 1 unspecified atom stereocenters. The number of carbonyl (C=O) groups is 2. The van der Waals surface area contributed by atoms with Gasteiger partial charge in [0.2, 0.25) is 5.82 Å². The molecule has 0 bridgehead atoms. The molecular weight excluding hydrogens is 468 g/mol. The van der Waals surface area contributed by atoms with E-state index in [-0.39, 0.29) is 24.5 Å². The zero-order valence-corrected chi connectivity index (χ0v) is 21.6. The average molecular weight is 503 g/mol. The van der Waals surface area contributed by atoms with E-state index in [2.05, 4.69) is 15.3 Å². The molecule has 1 atom stereocenters. The second-order valence-electron chi connectivity index (χ2n) is 9.20. The van der Waals surface area contributed by atoms with Gasteiger partial charge in [-0.1, -0.05) is 19.1 Å². The highest BCUT2D eigenvalue weighted by Gasteiger charge is 2.35. The minimum absolute atomic E-state index is 0.0281. The minimum Gasteiger partial charge on any atom is -0.458 e. The van der Waals surface area contributed by atoms with E-state index in [1.54, 1.807) is 64.0 Å². The van der Waals surface area contributed by atoms with Crippen molar-refractivity contribution in [1.29, 1.82) is 0 Å². The molecule has 0 saturated carbocycles. The Morgan fingerprint density at radius 1 is 1.19 bits per heavy atom. The van der Waals surface area contributed by atoms with Gasteiger partial charge in [-0.15, -0.1) is 0 Å². The number of hydrogen-bond acceptors (Lipinski definition) is 10. The molecule has 0 aliphatic carbocycles. The quantitative estimate of drug-likeness (QED) is 0.211. The van der Waals surface area contributed by atoms with Gasteiger partial charge in [-0.2, -0.15) is 0 Å². The van der Waals surface area contributed by atoms with Crippen LogP contribution in [0, 0.1) is 10.1 Å². The molecule has 0 radical (unpaired) electrons. The van der Waals surface area contributed by atoms with E-state index in [4.69, 9.17) is 9.47 Å². The third kappa shape index (κ3) is 8.45. The van der Waals surface area contributed by atoms with E-state index in [9.17, 15) is 19.7 Å². The molecule has 1 aromatic heterocycles. The van der Waals surface area contributed by atoms with Crippen molar-refractivity contribution in [3.8, 4) is 5.75 Å². The number of ether oxygens (including phenoxy) is 2. The molecule has 196 valence electrons. The van der Waals surface area contributed by atoms with Gasteiger partial charge in [0.1, 0.15) is 29.9 Å². The number of benzene rings is 1. The number of carbonyl (C=O) groups excluding carboxylic acids is 2. The fourth-order valence-corrected chi connectivity index (χ4v) is 3.25. The number of nitrogens with one attached hydrogen (secondary N) is 1. The van der Waals surface area contributed by atoms with E-state index in [1.165, 1.54) is 11.2 Å². The van der Waals surface area contributed by atoms with Crippen molar-refractivity contribution < 1.29 is 24.0 Å². The molecule has 0 aliphatic rings. The first kappa shape index (κ1) is 28.4. The summed E-state index contributed by atoms with van der Waals surface area (Å²) in [4.78, 5) is 47.2. The van der Waals surface area contributed by atoms with E-state index in [0.717, 1.165) is 11.8 Å². The summed E-state index contributed by atoms with van der Waals surface area (Å²) in [6.07, 6.45) is 1.98. The average Bonchev–Trinajstić information content (AvgIpc) is 2.80. The zero-order chi connectivity index (χ0) is 26.9. The summed E-state index contributed by atoms with van der Waals surface area (Å²) < 4.78 is 11.0. The number of anilines is 1. The predicted molar refractivity (Wildman–Crippen MR) is 134 cm³/mol. The van der Waals surface area contributed by atoms with Crippen molar-refractivity contribution in [3.63, 3.8) is 0 Å². The smallest absolute Gasteiger partial charge is 0.414 e. The lowest BCUT2D eigenvalue weighted by Gasteiger charge is -2.33. The Hall–Kier alpha value is -3.80. The molecule has 1 amide bonds. The lowest BCUT2D eigenvalue weighted by molar-refractivity contribution is -0.384. The number of hydrogen-bond donors (Lipinski definition) is 1. The number of rotatable bonds is 11. The van der Waals surface area contributed by atoms with Gasteiger partial charge >= 0.3 is 17.7 Å². The summed E-state index contributed by atoms with van der Waals surface area (Å²) >= 11 is 0. The van der Waals surface area contributed by atoms with Crippen molar-refractivity contribution in [3.05, 3.63) is 52.5 Å². The summed E-state index contributed by atoms with van der Waals surface area (Å²) in [7, 11) is 3.16. The van der Waals surface area contributed by atoms with Crippen molar-refractivity contribution in [2.75, 3.05) is 38.6 Å². The maximum Gasteiger partial charge on any atom is 0.414 e. The fraction of sp³-hybridized carbons (Fsp3) is 0.500. The van der Waals surface area contributed by atoms with Gasteiger partial charge in [0.05, 0.1) is 4.92 Å². The number of esters is 1. The number of aromatic nitrogens is 2. The fourth-order valence-electron chi connectivity index (χ4n) is 3.25. The summed E-state index contributed by atoms with van der Waals surface area (Å²) in [5.41, 5.74) is -0.348. The van der Waals surface area contributed by atoms with E-state index in [1.807, 2.05) is 6.92 Å². The summed E-state index contributed by atoms with van der Waals surface area (Å²) in [5.74, 6) is -0.169. The van der Waals surface area contributed by atoms with Gasteiger partial charge in [0.15, 0.2) is 0 Å². The van der Waals surface area contributed by atoms with Crippen molar-refractivity contribution in [2.45, 2.75) is 45.8 Å². The van der Waals surface area contributed by atoms with Crippen molar-refractivity contribution in [2.24, 2.45) is 0 Å². The van der Waals surface area contributed by atoms with Gasteiger partial charge in [-0.3, -0.25) is 10.1 Å². The standard InChI is InChI=1S/C24H34N6O6/c1-7-25-12-13-29(21-20(30(33)34)15-26-16-27-21)19(22(31)36-24(2,3)4)14-17-8-10-18(11-9-17)35-23(32)28(5)6/h8-11,15-16,19,25H,7,12-14H2,1-6H3. The molecule has 0 spiro atoms. The molecule has 1 N–H and O–H groups in total. The van der Waals surface area contributed by atoms with Gasteiger partial charge in [-0.25, -0.2) is 19.6 Å². The molecule has 0 aliphatic heterocycles. The van der Waals surface area contributed by atoms with Crippen LogP contribution in [0.4, 0.5) is 16.3 Å². The first-order valence-electron chi connectivity index (χ1n) is 11.6. The SMILES string of the molecule is CCNCCN(c1ncncc1[N+](=O)[O-])C(Cc1ccc(OC(=O)N(C)C)cc1)C(=O)OC(C)(C)C. The number of likely N-dealkylation sites (N-methyl/N-ethyl adjacent to an activating group) is 1. The van der Waals surface area contributed by atoms with Crippen LogP contribution in [-0.4, -0.2) is 77.2 Å². The molecule has 2 rings (SSSR count). The largest absolute Gasteiger partial charge is 0.458 e. The van der Waals surface area contributed by atoms with Crippen LogP contribution < -0.4 is 15.0 Å². The van der Waals surface area contributed by atoms with Gasteiger partial charge < -0.3 is 24.6 Å². The topological polar surface area (TPSA) is 140 Å².